The molecule has 0 unspecified atom stereocenters. The molecule has 14 nitrogen and oxygen atoms in total. The van der Waals surface area contributed by atoms with E-state index in [2.05, 4.69) is 15.6 Å². The second kappa shape index (κ2) is 10.0. The van der Waals surface area contributed by atoms with E-state index in [1.807, 2.05) is 30.3 Å². The van der Waals surface area contributed by atoms with Crippen molar-refractivity contribution < 1.29 is 47.5 Å². The van der Waals surface area contributed by atoms with E-state index in [9.17, 15) is 9.59 Å². The summed E-state index contributed by atoms with van der Waals surface area (Å²) < 4.78 is 47.7. The highest BCUT2D eigenvalue weighted by molar-refractivity contribution is 5.75. The van der Waals surface area contributed by atoms with Crippen LogP contribution in [0.1, 0.15) is 51.1 Å². The Bertz CT molecular complexity index is 1250. The summed E-state index contributed by atoms with van der Waals surface area (Å²) in [5, 5.41) is 11.4. The number of nitrogens with zero attached hydrogens (tertiary/aromatic N) is 3. The minimum absolute atomic E-state index is 0.0929. The number of ether oxygens (including phenoxy) is 8. The number of methoxy groups -OCH3 is 1. The zero-order valence-corrected chi connectivity index (χ0v) is 22.7. The quantitative estimate of drug-likeness (QED) is 0.512. The topological polar surface area (TPSA) is 151 Å². The predicted octanol–water partition coefficient (Wildman–Crippen LogP) is 1.71. The highest BCUT2D eigenvalue weighted by atomic mass is 16.8. The smallest absolute Gasteiger partial charge is 0.407 e. The number of carbonyl (C=O) groups is 2. The number of fused-ring (bicyclic) bond motifs is 2. The van der Waals surface area contributed by atoms with E-state index in [1.54, 1.807) is 33.9 Å². The first-order valence-corrected chi connectivity index (χ1v) is 13.0. The number of amides is 1. The lowest BCUT2D eigenvalue weighted by molar-refractivity contribution is -0.215. The second-order valence-corrected chi connectivity index (χ2v) is 10.9. The lowest BCUT2D eigenvalue weighted by Gasteiger charge is -2.25. The van der Waals surface area contributed by atoms with Gasteiger partial charge in [0.15, 0.2) is 30.3 Å². The molecule has 1 aromatic heterocycles. The van der Waals surface area contributed by atoms with Crippen LogP contribution >= 0.6 is 0 Å². The van der Waals surface area contributed by atoms with Crippen LogP contribution in [0.3, 0.4) is 0 Å². The third kappa shape index (κ3) is 5.06. The van der Waals surface area contributed by atoms with Crippen LogP contribution in [0.2, 0.25) is 0 Å². The largest absolute Gasteiger partial charge is 0.467 e. The summed E-state index contributed by atoms with van der Waals surface area (Å²) in [6.45, 7) is 7.13. The van der Waals surface area contributed by atoms with Gasteiger partial charge in [-0.2, -0.15) is 0 Å². The van der Waals surface area contributed by atoms with Gasteiger partial charge < -0.3 is 43.2 Å². The molecule has 4 fully saturated rings. The minimum atomic E-state index is -1.04. The molecule has 216 valence electrons. The molecule has 0 spiro atoms. The van der Waals surface area contributed by atoms with E-state index >= 15 is 0 Å². The van der Waals surface area contributed by atoms with E-state index in [1.165, 1.54) is 11.8 Å². The lowest BCUT2D eigenvalue weighted by Crippen LogP contribution is -2.46. The monoisotopic (exact) mass is 560 g/mol. The van der Waals surface area contributed by atoms with Crippen LogP contribution in [0.5, 0.6) is 0 Å². The Labute approximate surface area is 230 Å². The molecule has 1 N–H and O–H groups in total. The lowest BCUT2D eigenvalue weighted by atomic mass is 10.0. The van der Waals surface area contributed by atoms with E-state index in [-0.39, 0.29) is 6.61 Å². The van der Waals surface area contributed by atoms with Gasteiger partial charge in [0.05, 0.1) is 19.3 Å². The van der Waals surface area contributed by atoms with E-state index in [0.29, 0.717) is 5.69 Å². The molecular weight excluding hydrogens is 528 g/mol. The van der Waals surface area contributed by atoms with Gasteiger partial charge in [-0.3, -0.25) is 0 Å². The summed E-state index contributed by atoms with van der Waals surface area (Å²) in [6.07, 6.45) is -3.71. The number of carbonyl (C=O) groups excluding carboxylic acids is 2. The van der Waals surface area contributed by atoms with Gasteiger partial charge in [-0.25, -0.2) is 14.3 Å². The van der Waals surface area contributed by atoms with Crippen molar-refractivity contribution in [1.82, 2.24) is 20.3 Å². The highest BCUT2D eigenvalue weighted by Crippen LogP contribution is 2.45. The van der Waals surface area contributed by atoms with Gasteiger partial charge in [0.25, 0.3) is 0 Å². The Morgan fingerprint density at radius 2 is 1.65 bits per heavy atom. The molecule has 4 aliphatic rings. The van der Waals surface area contributed by atoms with Crippen molar-refractivity contribution in [3.8, 4) is 0 Å². The second-order valence-electron chi connectivity index (χ2n) is 10.9. The molecule has 8 atom stereocenters. The predicted molar refractivity (Wildman–Crippen MR) is 131 cm³/mol. The average Bonchev–Trinajstić information content (AvgIpc) is 3.69. The number of rotatable bonds is 6. The van der Waals surface area contributed by atoms with Crippen LogP contribution < -0.4 is 5.32 Å². The van der Waals surface area contributed by atoms with Crippen LogP contribution in [-0.2, 0) is 49.3 Å². The number of benzene rings is 1. The first kappa shape index (κ1) is 27.1. The molecule has 1 amide bonds. The highest BCUT2D eigenvalue weighted by Gasteiger charge is 2.60. The molecule has 0 saturated carbocycles. The van der Waals surface area contributed by atoms with E-state index < -0.39 is 72.7 Å². The van der Waals surface area contributed by atoms with Crippen molar-refractivity contribution in [2.75, 3.05) is 7.11 Å². The number of hydrogen-bond acceptors (Lipinski definition) is 12. The summed E-state index contributed by atoms with van der Waals surface area (Å²) in [4.78, 5) is 25.4. The molecule has 5 heterocycles. The molecule has 0 aliphatic carbocycles. The summed E-state index contributed by atoms with van der Waals surface area (Å²) in [7, 11) is 1.27. The Morgan fingerprint density at radius 1 is 0.975 bits per heavy atom. The van der Waals surface area contributed by atoms with Crippen molar-refractivity contribution in [1.29, 1.82) is 0 Å². The van der Waals surface area contributed by atoms with Gasteiger partial charge >= 0.3 is 12.1 Å². The van der Waals surface area contributed by atoms with Crippen molar-refractivity contribution in [3.63, 3.8) is 0 Å². The average molecular weight is 561 g/mol. The molecule has 6 rings (SSSR count). The molecule has 40 heavy (non-hydrogen) atoms. The molecule has 0 radical (unpaired) electrons. The third-order valence-corrected chi connectivity index (χ3v) is 7.12. The first-order chi connectivity index (χ1) is 19.0. The zero-order valence-electron chi connectivity index (χ0n) is 22.7. The summed E-state index contributed by atoms with van der Waals surface area (Å²) in [6, 6.07) is 7.89. The van der Waals surface area contributed by atoms with Crippen molar-refractivity contribution in [2.45, 2.75) is 95.0 Å². The molecule has 4 saturated heterocycles. The Hall–Kier alpha value is -3.14. The van der Waals surface area contributed by atoms with Crippen LogP contribution in [-0.4, -0.2) is 82.7 Å². The summed E-state index contributed by atoms with van der Waals surface area (Å²) in [5.41, 5.74) is 1.22. The van der Waals surface area contributed by atoms with Crippen molar-refractivity contribution in [3.05, 3.63) is 47.8 Å². The molecular formula is C26H32N4O10. The van der Waals surface area contributed by atoms with Crippen LogP contribution in [0.25, 0.3) is 0 Å². The fourth-order valence-corrected chi connectivity index (χ4v) is 5.48. The van der Waals surface area contributed by atoms with Crippen LogP contribution in [0, 0.1) is 0 Å². The fraction of sp³-hybridized carbons (Fsp3) is 0.615. The fourth-order valence-electron chi connectivity index (χ4n) is 5.48. The Kier molecular flexibility index (Phi) is 6.79. The van der Waals surface area contributed by atoms with E-state index in [0.717, 1.165) is 5.56 Å². The third-order valence-electron chi connectivity index (χ3n) is 7.12. The zero-order chi connectivity index (χ0) is 28.2. The standard InChI is InChI=1S/C26H32N4O10/c1-25(2)37-18-15(27-24(32)34-12-13-9-7-6-8-10-13)17(35-22(18)39-25)14-11-30(29-28-14)16-19(21(31)33-5)36-23-20(16)38-26(3,4)40-23/h6-11,15-20,22-23H,12H2,1-5H3,(H,27,32)/t15-,16-,17+,18+,19-,20+,22+,23+/m0/s1. The number of esters is 1. The maximum absolute atomic E-state index is 12.8. The van der Waals surface area contributed by atoms with Gasteiger partial charge in [0.2, 0.25) is 0 Å². The van der Waals surface area contributed by atoms with Crippen LogP contribution in [0.4, 0.5) is 4.79 Å². The maximum atomic E-state index is 12.8. The SMILES string of the molecule is COC(=O)[C@H]1O[C@@H]2OC(C)(C)O[C@@H]2[C@H]1n1cc([C@H]2O[C@@H]3OC(C)(C)O[C@@H]3[C@H]2NC(=O)OCc2ccccc2)nn1. The van der Waals surface area contributed by atoms with Gasteiger partial charge in [-0.05, 0) is 33.3 Å². The maximum Gasteiger partial charge on any atom is 0.407 e. The number of nitrogens with one attached hydrogen (secondary N) is 1. The van der Waals surface area contributed by atoms with E-state index in [4.69, 9.17) is 37.9 Å². The van der Waals surface area contributed by atoms with Gasteiger partial charge in [-0.1, -0.05) is 35.5 Å². The summed E-state index contributed by atoms with van der Waals surface area (Å²) >= 11 is 0. The Balaban J connectivity index is 1.23. The molecule has 0 bridgehead atoms. The van der Waals surface area contributed by atoms with Gasteiger partial charge in [-0.15, -0.1) is 5.10 Å². The number of hydrogen-bond donors (Lipinski definition) is 1. The van der Waals surface area contributed by atoms with Crippen molar-refractivity contribution in [2.24, 2.45) is 0 Å². The van der Waals surface area contributed by atoms with Gasteiger partial charge in [0, 0.05) is 0 Å². The molecule has 14 heteroatoms. The van der Waals surface area contributed by atoms with Crippen molar-refractivity contribution >= 4 is 12.1 Å². The number of aromatic nitrogens is 3. The molecule has 1 aromatic carbocycles. The van der Waals surface area contributed by atoms with Gasteiger partial charge in [0.1, 0.15) is 36.7 Å². The molecule has 4 aliphatic heterocycles. The molecule has 2 aromatic rings. The summed E-state index contributed by atoms with van der Waals surface area (Å²) in [5.74, 6) is -2.43. The first-order valence-electron chi connectivity index (χ1n) is 13.0. The number of alkyl carbamates (subject to hydrolysis) is 1. The van der Waals surface area contributed by atoms with Crippen LogP contribution in [0.15, 0.2) is 36.5 Å². The minimum Gasteiger partial charge on any atom is -0.467 e. The normalized spacial score (nSPS) is 35.2. The Morgan fingerprint density at radius 3 is 2.35 bits per heavy atom.